The fourth-order valence-electron chi connectivity index (χ4n) is 3.93. The molecule has 106 valence electrons. The molecule has 0 saturated heterocycles. The number of hydrogen-bond donors (Lipinski definition) is 0. The van der Waals surface area contributed by atoms with Crippen molar-refractivity contribution in [3.05, 3.63) is 83.9 Å². The number of fused-ring (bicyclic) bond motifs is 5. The van der Waals surface area contributed by atoms with Crippen LogP contribution >= 0.6 is 0 Å². The first kappa shape index (κ1) is 12.0. The lowest BCUT2D eigenvalue weighted by molar-refractivity contribution is 0.582. The van der Waals surface area contributed by atoms with Crippen LogP contribution in [0.5, 0.6) is 0 Å². The van der Waals surface area contributed by atoms with E-state index in [1.54, 1.807) is 0 Å². The molecule has 2 aliphatic carbocycles. The van der Waals surface area contributed by atoms with Crippen molar-refractivity contribution in [1.29, 1.82) is 0 Å². The summed E-state index contributed by atoms with van der Waals surface area (Å²) >= 11 is 0. The van der Waals surface area contributed by atoms with Gasteiger partial charge in [-0.25, -0.2) is 0 Å². The zero-order valence-corrected chi connectivity index (χ0v) is 12.2. The van der Waals surface area contributed by atoms with Crippen LogP contribution in [0.1, 0.15) is 29.4 Å². The number of benzene rings is 2. The van der Waals surface area contributed by atoms with E-state index < -0.39 is 0 Å². The fourth-order valence-corrected chi connectivity index (χ4v) is 3.93. The molecule has 1 nitrogen and oxygen atoms in total. The van der Waals surface area contributed by atoms with E-state index in [-0.39, 0.29) is 0 Å². The van der Waals surface area contributed by atoms with Gasteiger partial charge in [0.1, 0.15) is 11.5 Å². The Morgan fingerprint density at radius 2 is 1.09 bits per heavy atom. The van der Waals surface area contributed by atoms with Crippen molar-refractivity contribution in [1.82, 2.24) is 0 Å². The summed E-state index contributed by atoms with van der Waals surface area (Å²) in [5.41, 5.74) is 5.19. The summed E-state index contributed by atoms with van der Waals surface area (Å²) < 4.78 is 6.40. The minimum Gasteiger partial charge on any atom is -0.455 e. The Hall–Kier alpha value is -2.54. The standard InChI is InChI=1S/C21H16O/c1-3-7-14(8-4-1)20-18-16-11-12-17(13-16)19(18)21(22-20)15-9-5-2-6-10-15/h1-12,16-17H,13H2. The van der Waals surface area contributed by atoms with Crippen LogP contribution in [0.3, 0.4) is 0 Å². The molecule has 0 N–H and O–H groups in total. The van der Waals surface area contributed by atoms with Gasteiger partial charge in [0.25, 0.3) is 0 Å². The minimum absolute atomic E-state index is 0.524. The van der Waals surface area contributed by atoms with Crippen molar-refractivity contribution in [3.63, 3.8) is 0 Å². The van der Waals surface area contributed by atoms with Crippen LogP contribution in [-0.4, -0.2) is 0 Å². The molecule has 2 aliphatic rings. The quantitative estimate of drug-likeness (QED) is 0.546. The summed E-state index contributed by atoms with van der Waals surface area (Å²) in [4.78, 5) is 0. The van der Waals surface area contributed by atoms with Gasteiger partial charge >= 0.3 is 0 Å². The highest BCUT2D eigenvalue weighted by molar-refractivity contribution is 5.77. The third-order valence-corrected chi connectivity index (χ3v) is 4.88. The van der Waals surface area contributed by atoms with Gasteiger partial charge in [0.05, 0.1) is 0 Å². The van der Waals surface area contributed by atoms with Crippen molar-refractivity contribution >= 4 is 0 Å². The maximum atomic E-state index is 6.40. The lowest BCUT2D eigenvalue weighted by Gasteiger charge is -2.06. The molecule has 2 atom stereocenters. The molecule has 5 rings (SSSR count). The average Bonchev–Trinajstić information content (AvgIpc) is 3.29. The number of rotatable bonds is 2. The Balaban J connectivity index is 1.78. The summed E-state index contributed by atoms with van der Waals surface area (Å²) in [6, 6.07) is 21.0. The normalized spacial score (nSPS) is 21.3. The van der Waals surface area contributed by atoms with Gasteiger partial charge in [-0.1, -0.05) is 72.8 Å². The second-order valence-corrected chi connectivity index (χ2v) is 6.15. The molecule has 0 fully saturated rings. The van der Waals surface area contributed by atoms with E-state index in [2.05, 4.69) is 72.8 Å². The molecule has 0 saturated carbocycles. The van der Waals surface area contributed by atoms with E-state index in [4.69, 9.17) is 4.42 Å². The zero-order valence-electron chi connectivity index (χ0n) is 12.2. The molecule has 22 heavy (non-hydrogen) atoms. The van der Waals surface area contributed by atoms with Gasteiger partial charge in [0.2, 0.25) is 0 Å². The Morgan fingerprint density at radius 1 is 0.636 bits per heavy atom. The van der Waals surface area contributed by atoms with Crippen molar-refractivity contribution < 1.29 is 4.42 Å². The monoisotopic (exact) mass is 284 g/mol. The van der Waals surface area contributed by atoms with Crippen molar-refractivity contribution in [3.8, 4) is 22.6 Å². The van der Waals surface area contributed by atoms with Crippen LogP contribution in [-0.2, 0) is 0 Å². The van der Waals surface area contributed by atoms with Crippen LogP contribution in [0.15, 0.2) is 77.2 Å². The van der Waals surface area contributed by atoms with Gasteiger partial charge in [0.15, 0.2) is 0 Å². The molecule has 2 aromatic carbocycles. The lowest BCUT2D eigenvalue weighted by atomic mass is 9.93. The van der Waals surface area contributed by atoms with E-state index in [1.807, 2.05) is 0 Å². The first-order valence-corrected chi connectivity index (χ1v) is 7.87. The first-order chi connectivity index (χ1) is 10.9. The fraction of sp³-hybridized carbons (Fsp3) is 0.143. The Bertz CT molecular complexity index is 786. The minimum atomic E-state index is 0.524. The SMILES string of the molecule is C1=CC2CC1c1c(-c3ccccc3)oc(-c3ccccc3)c12. The van der Waals surface area contributed by atoms with E-state index in [0.717, 1.165) is 11.5 Å². The number of allylic oxidation sites excluding steroid dienone is 2. The second-order valence-electron chi connectivity index (χ2n) is 6.15. The van der Waals surface area contributed by atoms with Gasteiger partial charge in [-0.15, -0.1) is 0 Å². The van der Waals surface area contributed by atoms with Crippen LogP contribution in [0.4, 0.5) is 0 Å². The predicted octanol–water partition coefficient (Wildman–Crippen LogP) is 5.75. The van der Waals surface area contributed by atoms with E-state index >= 15 is 0 Å². The smallest absolute Gasteiger partial charge is 0.138 e. The van der Waals surface area contributed by atoms with E-state index in [1.165, 1.54) is 28.7 Å². The molecule has 2 unspecified atom stereocenters. The first-order valence-electron chi connectivity index (χ1n) is 7.87. The number of hydrogen-bond acceptors (Lipinski definition) is 1. The molecule has 2 bridgehead atoms. The molecule has 0 radical (unpaired) electrons. The Kier molecular flexibility index (Phi) is 2.45. The molecule has 1 heteroatoms. The van der Waals surface area contributed by atoms with Crippen LogP contribution < -0.4 is 0 Å². The van der Waals surface area contributed by atoms with Crippen molar-refractivity contribution in [2.45, 2.75) is 18.3 Å². The molecule has 0 aliphatic heterocycles. The van der Waals surface area contributed by atoms with Crippen LogP contribution in [0, 0.1) is 0 Å². The van der Waals surface area contributed by atoms with Crippen LogP contribution in [0.25, 0.3) is 22.6 Å². The Morgan fingerprint density at radius 3 is 1.55 bits per heavy atom. The summed E-state index contributed by atoms with van der Waals surface area (Å²) in [5, 5.41) is 0. The van der Waals surface area contributed by atoms with Gasteiger partial charge in [-0.3, -0.25) is 0 Å². The topological polar surface area (TPSA) is 13.1 Å². The molecule has 0 spiro atoms. The largest absolute Gasteiger partial charge is 0.455 e. The maximum Gasteiger partial charge on any atom is 0.138 e. The molecule has 1 heterocycles. The molecular formula is C21H16O. The summed E-state index contributed by atoms with van der Waals surface area (Å²) in [7, 11) is 0. The summed E-state index contributed by atoms with van der Waals surface area (Å²) in [5.74, 6) is 3.17. The van der Waals surface area contributed by atoms with Gasteiger partial charge in [-0.2, -0.15) is 0 Å². The average molecular weight is 284 g/mol. The lowest BCUT2D eigenvalue weighted by Crippen LogP contribution is -1.91. The van der Waals surface area contributed by atoms with Crippen molar-refractivity contribution in [2.24, 2.45) is 0 Å². The summed E-state index contributed by atoms with van der Waals surface area (Å²) in [6.45, 7) is 0. The molecular weight excluding hydrogens is 268 g/mol. The highest BCUT2D eigenvalue weighted by Gasteiger charge is 2.40. The van der Waals surface area contributed by atoms with Gasteiger partial charge in [0, 0.05) is 34.1 Å². The molecule has 3 aromatic rings. The Labute approximate surface area is 129 Å². The van der Waals surface area contributed by atoms with Crippen molar-refractivity contribution in [2.75, 3.05) is 0 Å². The molecule has 0 amide bonds. The molecule has 1 aromatic heterocycles. The number of furan rings is 1. The third kappa shape index (κ3) is 1.59. The van der Waals surface area contributed by atoms with Crippen LogP contribution in [0.2, 0.25) is 0 Å². The van der Waals surface area contributed by atoms with Gasteiger partial charge < -0.3 is 4.42 Å². The predicted molar refractivity (Wildman–Crippen MR) is 88.8 cm³/mol. The van der Waals surface area contributed by atoms with Gasteiger partial charge in [-0.05, 0) is 6.42 Å². The third-order valence-electron chi connectivity index (χ3n) is 4.88. The highest BCUT2D eigenvalue weighted by atomic mass is 16.3. The highest BCUT2D eigenvalue weighted by Crippen LogP contribution is 2.56. The summed E-state index contributed by atoms with van der Waals surface area (Å²) in [6.07, 6.45) is 5.91. The zero-order chi connectivity index (χ0) is 14.5. The van der Waals surface area contributed by atoms with E-state index in [9.17, 15) is 0 Å². The second kappa shape index (κ2) is 4.48. The maximum absolute atomic E-state index is 6.40. The van der Waals surface area contributed by atoms with E-state index in [0.29, 0.717) is 11.8 Å².